The number of hydrogen-bond acceptors (Lipinski definition) is 5. The number of ether oxygens (including phenoxy) is 1. The first-order valence-electron chi connectivity index (χ1n) is 12.1. The van der Waals surface area contributed by atoms with Crippen molar-refractivity contribution in [3.63, 3.8) is 0 Å². The molecule has 35 heavy (non-hydrogen) atoms. The largest absolute Gasteiger partial charge is 0.497 e. The SMILES string of the molecule is COc1cccc(CN2CCn3nc(C(=O)N4CCN(Cc5ccc(C)cc5)CC4)cc3C2=O)c1. The van der Waals surface area contributed by atoms with Crippen molar-refractivity contribution in [3.05, 3.63) is 82.7 Å². The summed E-state index contributed by atoms with van der Waals surface area (Å²) < 4.78 is 6.96. The second-order valence-electron chi connectivity index (χ2n) is 9.27. The topological polar surface area (TPSA) is 70.9 Å². The Labute approximate surface area is 205 Å². The Morgan fingerprint density at radius 1 is 0.914 bits per heavy atom. The molecule has 0 atom stereocenters. The molecule has 2 aliphatic heterocycles. The summed E-state index contributed by atoms with van der Waals surface area (Å²) in [6, 6.07) is 18.0. The highest BCUT2D eigenvalue weighted by Gasteiger charge is 2.30. The van der Waals surface area contributed by atoms with Crippen molar-refractivity contribution in [3.8, 4) is 5.75 Å². The fraction of sp³-hybridized carbons (Fsp3) is 0.370. The summed E-state index contributed by atoms with van der Waals surface area (Å²) in [4.78, 5) is 32.3. The van der Waals surface area contributed by atoms with Crippen molar-refractivity contribution in [2.45, 2.75) is 26.6 Å². The quantitative estimate of drug-likeness (QED) is 0.551. The first kappa shape index (κ1) is 23.1. The van der Waals surface area contributed by atoms with E-state index in [0.29, 0.717) is 44.1 Å². The summed E-state index contributed by atoms with van der Waals surface area (Å²) in [6.45, 7) is 7.55. The Morgan fingerprint density at radius 3 is 2.43 bits per heavy atom. The van der Waals surface area contributed by atoms with Gasteiger partial charge in [0.2, 0.25) is 0 Å². The maximum absolute atomic E-state index is 13.2. The van der Waals surface area contributed by atoms with Crippen LogP contribution in [0.5, 0.6) is 5.75 Å². The third-order valence-corrected chi connectivity index (χ3v) is 6.78. The van der Waals surface area contributed by atoms with E-state index in [-0.39, 0.29) is 11.8 Å². The maximum atomic E-state index is 13.2. The number of hydrogen-bond donors (Lipinski definition) is 0. The zero-order valence-corrected chi connectivity index (χ0v) is 20.3. The zero-order valence-electron chi connectivity index (χ0n) is 20.3. The van der Waals surface area contributed by atoms with Gasteiger partial charge in [0, 0.05) is 51.9 Å². The van der Waals surface area contributed by atoms with E-state index in [2.05, 4.69) is 41.2 Å². The predicted octanol–water partition coefficient (Wildman–Crippen LogP) is 2.81. The van der Waals surface area contributed by atoms with Gasteiger partial charge in [0.25, 0.3) is 11.8 Å². The molecule has 3 heterocycles. The smallest absolute Gasteiger partial charge is 0.274 e. The number of nitrogens with zero attached hydrogens (tertiary/aromatic N) is 5. The molecule has 3 aromatic rings. The van der Waals surface area contributed by atoms with Gasteiger partial charge in [0.05, 0.1) is 13.7 Å². The van der Waals surface area contributed by atoms with Crippen molar-refractivity contribution in [2.24, 2.45) is 0 Å². The molecule has 0 aliphatic carbocycles. The summed E-state index contributed by atoms with van der Waals surface area (Å²) in [5.74, 6) is 0.561. The molecular weight excluding hydrogens is 442 g/mol. The van der Waals surface area contributed by atoms with Crippen LogP contribution in [-0.4, -0.2) is 76.1 Å². The van der Waals surface area contributed by atoms with Crippen molar-refractivity contribution >= 4 is 11.8 Å². The lowest BCUT2D eigenvalue weighted by Crippen LogP contribution is -2.48. The summed E-state index contributed by atoms with van der Waals surface area (Å²) in [7, 11) is 1.63. The van der Waals surface area contributed by atoms with Crippen LogP contribution in [0.1, 0.15) is 37.7 Å². The van der Waals surface area contributed by atoms with Gasteiger partial charge in [-0.3, -0.25) is 19.2 Å². The molecule has 5 rings (SSSR count). The van der Waals surface area contributed by atoms with Crippen LogP contribution in [0.25, 0.3) is 0 Å². The number of aromatic nitrogens is 2. The van der Waals surface area contributed by atoms with E-state index in [1.165, 1.54) is 11.1 Å². The Bertz CT molecular complexity index is 1210. The molecule has 2 aliphatic rings. The lowest BCUT2D eigenvalue weighted by molar-refractivity contribution is 0.0619. The highest BCUT2D eigenvalue weighted by Crippen LogP contribution is 2.20. The molecule has 182 valence electrons. The van der Waals surface area contributed by atoms with Gasteiger partial charge in [-0.2, -0.15) is 5.10 Å². The Balaban J connectivity index is 1.20. The van der Waals surface area contributed by atoms with Gasteiger partial charge in [-0.05, 0) is 30.2 Å². The second-order valence-corrected chi connectivity index (χ2v) is 9.27. The molecule has 2 amide bonds. The average molecular weight is 474 g/mol. The summed E-state index contributed by atoms with van der Waals surface area (Å²) in [5.41, 5.74) is 4.37. The highest BCUT2D eigenvalue weighted by atomic mass is 16.5. The van der Waals surface area contributed by atoms with Crippen molar-refractivity contribution in [2.75, 3.05) is 39.8 Å². The minimum atomic E-state index is -0.103. The third kappa shape index (κ3) is 5.07. The van der Waals surface area contributed by atoms with Gasteiger partial charge in [0.15, 0.2) is 5.69 Å². The molecule has 1 saturated heterocycles. The molecule has 8 heteroatoms. The molecular formula is C27H31N5O3. The molecule has 8 nitrogen and oxygen atoms in total. The van der Waals surface area contributed by atoms with Gasteiger partial charge in [-0.1, -0.05) is 42.0 Å². The Morgan fingerprint density at radius 2 is 1.69 bits per heavy atom. The number of piperazine rings is 1. The van der Waals surface area contributed by atoms with Gasteiger partial charge in [0.1, 0.15) is 11.4 Å². The predicted molar refractivity (Wildman–Crippen MR) is 132 cm³/mol. The van der Waals surface area contributed by atoms with Crippen molar-refractivity contribution in [1.82, 2.24) is 24.5 Å². The van der Waals surface area contributed by atoms with E-state index < -0.39 is 0 Å². The molecule has 0 N–H and O–H groups in total. The number of methoxy groups -OCH3 is 1. The number of aryl methyl sites for hydroxylation is 1. The number of carbonyl (C=O) groups is 2. The van der Waals surface area contributed by atoms with E-state index in [1.54, 1.807) is 22.8 Å². The summed E-state index contributed by atoms with van der Waals surface area (Å²) in [6.07, 6.45) is 0. The fourth-order valence-corrected chi connectivity index (χ4v) is 4.71. The minimum Gasteiger partial charge on any atom is -0.497 e. The summed E-state index contributed by atoms with van der Waals surface area (Å²) in [5, 5.41) is 4.48. The molecule has 0 bridgehead atoms. The lowest BCUT2D eigenvalue weighted by Gasteiger charge is -2.34. The number of carbonyl (C=O) groups excluding carboxylic acids is 2. The molecule has 0 saturated carbocycles. The first-order chi connectivity index (χ1) is 17.0. The van der Waals surface area contributed by atoms with Crippen LogP contribution in [0.3, 0.4) is 0 Å². The van der Waals surface area contributed by atoms with Gasteiger partial charge >= 0.3 is 0 Å². The maximum Gasteiger partial charge on any atom is 0.274 e. The van der Waals surface area contributed by atoms with Gasteiger partial charge < -0.3 is 14.5 Å². The number of benzene rings is 2. The zero-order chi connectivity index (χ0) is 24.4. The van der Waals surface area contributed by atoms with Crippen molar-refractivity contribution < 1.29 is 14.3 Å². The van der Waals surface area contributed by atoms with Crippen LogP contribution >= 0.6 is 0 Å². The van der Waals surface area contributed by atoms with Crippen LogP contribution in [0.4, 0.5) is 0 Å². The van der Waals surface area contributed by atoms with E-state index in [4.69, 9.17) is 4.74 Å². The molecule has 2 aromatic carbocycles. The Kier molecular flexibility index (Phi) is 6.55. The van der Waals surface area contributed by atoms with E-state index in [9.17, 15) is 9.59 Å². The fourth-order valence-electron chi connectivity index (χ4n) is 4.71. The molecule has 0 radical (unpaired) electrons. The molecule has 0 unspecified atom stereocenters. The van der Waals surface area contributed by atoms with Crippen LogP contribution in [0, 0.1) is 6.92 Å². The Hall–Kier alpha value is -3.65. The molecule has 1 fully saturated rings. The normalized spacial score (nSPS) is 16.3. The molecule has 1 aromatic heterocycles. The second kappa shape index (κ2) is 9.92. The third-order valence-electron chi connectivity index (χ3n) is 6.78. The summed E-state index contributed by atoms with van der Waals surface area (Å²) >= 11 is 0. The first-order valence-corrected chi connectivity index (χ1v) is 12.1. The minimum absolute atomic E-state index is 0.103. The van der Waals surface area contributed by atoms with Crippen LogP contribution in [0.15, 0.2) is 54.6 Å². The lowest BCUT2D eigenvalue weighted by atomic mass is 10.1. The average Bonchev–Trinajstić information content (AvgIpc) is 3.33. The number of fused-ring (bicyclic) bond motifs is 1. The van der Waals surface area contributed by atoms with E-state index in [1.807, 2.05) is 29.2 Å². The van der Waals surface area contributed by atoms with E-state index >= 15 is 0 Å². The van der Waals surface area contributed by atoms with E-state index in [0.717, 1.165) is 30.9 Å². The molecule has 0 spiro atoms. The van der Waals surface area contributed by atoms with Crippen LogP contribution in [0.2, 0.25) is 0 Å². The standard InChI is InChI=1S/C27H31N5O3/c1-20-6-8-21(9-7-20)18-29-10-12-30(13-11-29)26(33)24-17-25-27(34)31(14-15-32(25)28-24)19-22-4-3-5-23(16-22)35-2/h3-9,16-17H,10-15,18-19H2,1-2H3. The highest BCUT2D eigenvalue weighted by molar-refractivity contribution is 5.98. The monoisotopic (exact) mass is 473 g/mol. The number of amides is 2. The van der Waals surface area contributed by atoms with Gasteiger partial charge in [-0.25, -0.2) is 0 Å². The van der Waals surface area contributed by atoms with Crippen LogP contribution < -0.4 is 4.74 Å². The van der Waals surface area contributed by atoms with Gasteiger partial charge in [-0.15, -0.1) is 0 Å². The van der Waals surface area contributed by atoms with Crippen LogP contribution in [-0.2, 0) is 19.6 Å². The number of rotatable bonds is 6. The van der Waals surface area contributed by atoms with Crippen molar-refractivity contribution in [1.29, 1.82) is 0 Å².